The summed E-state index contributed by atoms with van der Waals surface area (Å²) < 4.78 is 0. The fourth-order valence-corrected chi connectivity index (χ4v) is 1.81. The van der Waals surface area contributed by atoms with Crippen LogP contribution in [0.4, 0.5) is 17.3 Å². The maximum Gasteiger partial charge on any atom is 0.311 e. The monoisotopic (exact) mass is 273 g/mol. The number of anilines is 2. The van der Waals surface area contributed by atoms with Gasteiger partial charge in [0.2, 0.25) is 5.82 Å². The zero-order valence-corrected chi connectivity index (χ0v) is 11.1. The summed E-state index contributed by atoms with van der Waals surface area (Å²) in [6.07, 6.45) is 2.39. The Hall–Kier alpha value is -2.70. The van der Waals surface area contributed by atoms with Crippen LogP contribution in [-0.4, -0.2) is 28.5 Å². The largest absolute Gasteiger partial charge is 0.384 e. The highest BCUT2D eigenvalue weighted by Crippen LogP contribution is 2.25. The number of hydrogen-bond donors (Lipinski definition) is 1. The Labute approximate surface area is 116 Å². The van der Waals surface area contributed by atoms with E-state index in [1.54, 1.807) is 18.1 Å². The Morgan fingerprint density at radius 3 is 2.80 bits per heavy atom. The quantitative estimate of drug-likeness (QED) is 0.657. The first-order valence-corrected chi connectivity index (χ1v) is 6.10. The fourth-order valence-electron chi connectivity index (χ4n) is 1.81. The van der Waals surface area contributed by atoms with Crippen LogP contribution in [-0.2, 0) is 6.42 Å². The molecule has 0 unspecified atom stereocenters. The van der Waals surface area contributed by atoms with Gasteiger partial charge in [-0.1, -0.05) is 6.07 Å². The van der Waals surface area contributed by atoms with Gasteiger partial charge in [-0.2, -0.15) is 0 Å². The molecule has 2 aromatic heterocycles. The van der Waals surface area contributed by atoms with Crippen LogP contribution in [0.1, 0.15) is 5.69 Å². The van der Waals surface area contributed by atoms with E-state index in [1.807, 2.05) is 18.2 Å². The molecule has 2 rings (SSSR count). The van der Waals surface area contributed by atoms with Gasteiger partial charge in [0.25, 0.3) is 0 Å². The number of nitro groups is 1. The molecule has 0 saturated heterocycles. The number of aromatic nitrogens is 2. The van der Waals surface area contributed by atoms with E-state index < -0.39 is 4.92 Å². The van der Waals surface area contributed by atoms with Gasteiger partial charge >= 0.3 is 5.69 Å². The second-order valence-electron chi connectivity index (χ2n) is 4.33. The zero-order chi connectivity index (χ0) is 14.5. The predicted molar refractivity (Wildman–Crippen MR) is 76.5 cm³/mol. The number of hydrogen-bond acceptors (Lipinski definition) is 6. The molecule has 2 heterocycles. The molecule has 0 radical (unpaired) electrons. The lowest BCUT2D eigenvalue weighted by molar-refractivity contribution is -0.384. The van der Waals surface area contributed by atoms with Crippen molar-refractivity contribution in [2.75, 3.05) is 24.2 Å². The van der Waals surface area contributed by atoms with Gasteiger partial charge in [0.05, 0.1) is 4.92 Å². The van der Waals surface area contributed by atoms with E-state index in [4.69, 9.17) is 5.73 Å². The summed E-state index contributed by atoms with van der Waals surface area (Å²) >= 11 is 0. The van der Waals surface area contributed by atoms with Crippen molar-refractivity contribution in [1.82, 2.24) is 9.97 Å². The van der Waals surface area contributed by atoms with E-state index in [-0.39, 0.29) is 17.3 Å². The highest BCUT2D eigenvalue weighted by atomic mass is 16.6. The second-order valence-corrected chi connectivity index (χ2v) is 4.33. The van der Waals surface area contributed by atoms with Gasteiger partial charge < -0.3 is 10.6 Å². The summed E-state index contributed by atoms with van der Waals surface area (Å²) in [5.74, 6) is 0.529. The Morgan fingerprint density at radius 2 is 2.15 bits per heavy atom. The van der Waals surface area contributed by atoms with Gasteiger partial charge in [-0.25, -0.2) is 4.98 Å². The average molecular weight is 273 g/mol. The molecule has 0 fully saturated rings. The van der Waals surface area contributed by atoms with E-state index in [1.165, 1.54) is 12.1 Å². The number of rotatable bonds is 5. The van der Waals surface area contributed by atoms with Gasteiger partial charge in [-0.05, 0) is 18.2 Å². The van der Waals surface area contributed by atoms with Crippen LogP contribution in [0.2, 0.25) is 0 Å². The molecule has 7 nitrogen and oxygen atoms in total. The zero-order valence-electron chi connectivity index (χ0n) is 11.1. The number of nitrogens with zero attached hydrogens (tertiary/aromatic N) is 4. The molecule has 0 aliphatic rings. The smallest absolute Gasteiger partial charge is 0.311 e. The van der Waals surface area contributed by atoms with Gasteiger partial charge in [0.1, 0.15) is 5.82 Å². The van der Waals surface area contributed by atoms with Crippen molar-refractivity contribution in [3.05, 3.63) is 52.3 Å². The minimum atomic E-state index is -0.459. The summed E-state index contributed by atoms with van der Waals surface area (Å²) in [6.45, 7) is 0.564. The summed E-state index contributed by atoms with van der Waals surface area (Å²) in [4.78, 5) is 20.5. The molecule has 104 valence electrons. The molecule has 2 N–H and O–H groups in total. The van der Waals surface area contributed by atoms with Crippen LogP contribution in [0, 0.1) is 10.1 Å². The van der Waals surface area contributed by atoms with Gasteiger partial charge in [0, 0.05) is 38.0 Å². The van der Waals surface area contributed by atoms with E-state index in [0.717, 1.165) is 5.69 Å². The average Bonchev–Trinajstić information content (AvgIpc) is 2.45. The number of likely N-dealkylation sites (N-methyl/N-ethyl adjacent to an activating group) is 1. The summed E-state index contributed by atoms with van der Waals surface area (Å²) in [7, 11) is 1.75. The van der Waals surface area contributed by atoms with Crippen molar-refractivity contribution in [3.8, 4) is 0 Å². The molecule has 0 amide bonds. The molecule has 0 aromatic carbocycles. The third-order valence-corrected chi connectivity index (χ3v) is 2.86. The number of nitrogens with two attached hydrogens (primary N) is 1. The highest BCUT2D eigenvalue weighted by molar-refractivity contribution is 5.60. The minimum absolute atomic E-state index is 0.0530. The molecule has 7 heteroatoms. The van der Waals surface area contributed by atoms with Crippen molar-refractivity contribution in [2.24, 2.45) is 0 Å². The van der Waals surface area contributed by atoms with Crippen LogP contribution < -0.4 is 10.6 Å². The molecular formula is C13H15N5O2. The van der Waals surface area contributed by atoms with E-state index >= 15 is 0 Å². The molecule has 0 bridgehead atoms. The molecule has 2 aromatic rings. The lowest BCUT2D eigenvalue weighted by Gasteiger charge is -2.17. The summed E-state index contributed by atoms with van der Waals surface area (Å²) in [6, 6.07) is 8.46. The Kier molecular flexibility index (Phi) is 4.09. The summed E-state index contributed by atoms with van der Waals surface area (Å²) in [5.41, 5.74) is 6.47. The maximum atomic E-state index is 11.0. The SMILES string of the molecule is CN(CCc1ccccn1)c1nc(N)ccc1[N+](=O)[O-]. The fraction of sp³-hybridized carbons (Fsp3) is 0.231. The molecule has 0 aliphatic carbocycles. The van der Waals surface area contributed by atoms with Crippen LogP contribution >= 0.6 is 0 Å². The topological polar surface area (TPSA) is 98.2 Å². The minimum Gasteiger partial charge on any atom is -0.384 e. The van der Waals surface area contributed by atoms with E-state index in [2.05, 4.69) is 9.97 Å². The van der Waals surface area contributed by atoms with Crippen LogP contribution in [0.25, 0.3) is 0 Å². The third kappa shape index (κ3) is 3.19. The second kappa shape index (κ2) is 5.96. The van der Waals surface area contributed by atoms with E-state index in [9.17, 15) is 10.1 Å². The van der Waals surface area contributed by atoms with Gasteiger partial charge in [-0.15, -0.1) is 0 Å². The maximum absolute atomic E-state index is 11.0. The first-order valence-electron chi connectivity index (χ1n) is 6.10. The normalized spacial score (nSPS) is 10.2. The first kappa shape index (κ1) is 13.7. The lowest BCUT2D eigenvalue weighted by Crippen LogP contribution is -2.23. The molecular weight excluding hydrogens is 258 g/mol. The molecule has 0 saturated carbocycles. The standard InChI is InChI=1S/C13H15N5O2/c1-17(9-7-10-4-2-3-8-15-10)13-11(18(19)20)5-6-12(14)16-13/h2-6,8H,7,9H2,1H3,(H2,14,16). The van der Waals surface area contributed by atoms with Crippen molar-refractivity contribution >= 4 is 17.3 Å². The molecule has 0 spiro atoms. The van der Waals surface area contributed by atoms with Crippen molar-refractivity contribution in [2.45, 2.75) is 6.42 Å². The first-order chi connectivity index (χ1) is 9.58. The van der Waals surface area contributed by atoms with Gasteiger partial charge in [0.15, 0.2) is 0 Å². The number of pyridine rings is 2. The number of nitrogen functional groups attached to an aromatic ring is 1. The van der Waals surface area contributed by atoms with Crippen LogP contribution in [0.15, 0.2) is 36.5 Å². The Morgan fingerprint density at radius 1 is 1.35 bits per heavy atom. The predicted octanol–water partition coefficient (Wildman–Crippen LogP) is 1.65. The Bertz CT molecular complexity index is 603. The molecule has 0 atom stereocenters. The molecule has 20 heavy (non-hydrogen) atoms. The van der Waals surface area contributed by atoms with Crippen molar-refractivity contribution < 1.29 is 4.92 Å². The van der Waals surface area contributed by atoms with Crippen LogP contribution in [0.3, 0.4) is 0 Å². The Balaban J connectivity index is 2.14. The van der Waals surface area contributed by atoms with Crippen molar-refractivity contribution in [3.63, 3.8) is 0 Å². The van der Waals surface area contributed by atoms with E-state index in [0.29, 0.717) is 13.0 Å². The highest BCUT2D eigenvalue weighted by Gasteiger charge is 2.19. The van der Waals surface area contributed by atoms with Gasteiger partial charge in [-0.3, -0.25) is 15.1 Å². The third-order valence-electron chi connectivity index (χ3n) is 2.86. The van der Waals surface area contributed by atoms with Crippen molar-refractivity contribution in [1.29, 1.82) is 0 Å². The molecule has 0 aliphatic heterocycles. The summed E-state index contributed by atoms with van der Waals surface area (Å²) in [5, 5.41) is 11.0. The van der Waals surface area contributed by atoms with Crippen LogP contribution in [0.5, 0.6) is 0 Å². The lowest BCUT2D eigenvalue weighted by atomic mass is 10.2.